The lowest BCUT2D eigenvalue weighted by Crippen LogP contribution is -2.42. The topological polar surface area (TPSA) is 69.1 Å². The monoisotopic (exact) mass is 541 g/mol. The molecule has 2 aromatic carbocycles. The number of pyridine rings is 1. The lowest BCUT2D eigenvalue weighted by Gasteiger charge is -2.40. The Labute approximate surface area is 227 Å². The van der Waals surface area contributed by atoms with E-state index >= 15 is 0 Å². The van der Waals surface area contributed by atoms with E-state index in [1.807, 2.05) is 37.2 Å². The Balaban J connectivity index is 1.43. The van der Waals surface area contributed by atoms with Crippen molar-refractivity contribution in [1.82, 2.24) is 9.88 Å². The standard InChI is InChI=1S/C30H34F3N3O3/c1-35(2)26-18-34-25-7-6-22(39-3)17-23(25)28(26)27(38)8-9-30(19-37)10-13-36(14-11-30)12-4-5-20-15-21(31)16-24(32)29(20)33/h6-7,15-18,27,37-38H,8-14,19H2,1-3H3/t27-/m0/s1. The van der Waals surface area contributed by atoms with Gasteiger partial charge in [0.2, 0.25) is 0 Å². The van der Waals surface area contributed by atoms with Crippen molar-refractivity contribution in [2.24, 2.45) is 5.41 Å². The maximum atomic E-state index is 13.8. The van der Waals surface area contributed by atoms with Crippen LogP contribution in [0.5, 0.6) is 5.75 Å². The van der Waals surface area contributed by atoms with E-state index in [2.05, 4.69) is 21.7 Å². The van der Waals surface area contributed by atoms with Gasteiger partial charge in [0.05, 0.1) is 42.7 Å². The third-order valence-corrected chi connectivity index (χ3v) is 7.63. The van der Waals surface area contributed by atoms with E-state index in [4.69, 9.17) is 4.74 Å². The second-order valence-electron chi connectivity index (χ2n) is 10.4. The summed E-state index contributed by atoms with van der Waals surface area (Å²) >= 11 is 0. The molecule has 2 N–H and O–H groups in total. The van der Waals surface area contributed by atoms with Crippen LogP contribution in [-0.4, -0.2) is 67.5 Å². The predicted octanol–water partition coefficient (Wildman–Crippen LogP) is 4.67. The Morgan fingerprint density at radius 2 is 1.90 bits per heavy atom. The molecule has 6 nitrogen and oxygen atoms in total. The molecule has 9 heteroatoms. The lowest BCUT2D eigenvalue weighted by molar-refractivity contribution is 0.0274. The largest absolute Gasteiger partial charge is 0.497 e. The zero-order chi connectivity index (χ0) is 28.2. The molecule has 1 atom stereocenters. The van der Waals surface area contributed by atoms with Gasteiger partial charge in [0.25, 0.3) is 0 Å². The van der Waals surface area contributed by atoms with Gasteiger partial charge in [-0.3, -0.25) is 9.88 Å². The molecule has 1 aliphatic heterocycles. The van der Waals surface area contributed by atoms with Crippen LogP contribution in [0.2, 0.25) is 0 Å². The maximum Gasteiger partial charge on any atom is 0.174 e. The van der Waals surface area contributed by atoms with E-state index in [-0.39, 0.29) is 17.6 Å². The Hall–Kier alpha value is -3.32. The third-order valence-electron chi connectivity index (χ3n) is 7.63. The van der Waals surface area contributed by atoms with Crippen molar-refractivity contribution < 1.29 is 28.1 Å². The number of aliphatic hydroxyl groups is 2. The van der Waals surface area contributed by atoms with E-state index in [1.165, 1.54) is 0 Å². The summed E-state index contributed by atoms with van der Waals surface area (Å²) < 4.78 is 46.0. The Bertz CT molecular complexity index is 1380. The van der Waals surface area contributed by atoms with E-state index < -0.39 is 23.6 Å². The molecule has 0 aliphatic carbocycles. The van der Waals surface area contributed by atoms with Gasteiger partial charge in [0.15, 0.2) is 11.6 Å². The maximum absolute atomic E-state index is 13.8. The number of hydrogen-bond donors (Lipinski definition) is 2. The number of aliphatic hydroxyl groups excluding tert-OH is 2. The number of hydrogen-bond acceptors (Lipinski definition) is 6. The van der Waals surface area contributed by atoms with Gasteiger partial charge in [-0.05, 0) is 68.5 Å². The third kappa shape index (κ3) is 6.47. The van der Waals surface area contributed by atoms with Gasteiger partial charge in [-0.1, -0.05) is 11.8 Å². The molecule has 1 fully saturated rings. The Morgan fingerprint density at radius 1 is 1.15 bits per heavy atom. The molecule has 1 aromatic heterocycles. The molecule has 4 rings (SSSR count). The highest BCUT2D eigenvalue weighted by atomic mass is 19.2. The number of benzene rings is 2. The summed E-state index contributed by atoms with van der Waals surface area (Å²) in [6, 6.07) is 6.97. The highest BCUT2D eigenvalue weighted by molar-refractivity contribution is 5.88. The van der Waals surface area contributed by atoms with Gasteiger partial charge in [-0.25, -0.2) is 13.2 Å². The first kappa shape index (κ1) is 28.7. The Morgan fingerprint density at radius 3 is 2.56 bits per heavy atom. The van der Waals surface area contributed by atoms with Crippen molar-refractivity contribution in [2.45, 2.75) is 31.8 Å². The van der Waals surface area contributed by atoms with Crippen LogP contribution < -0.4 is 9.64 Å². The van der Waals surface area contributed by atoms with Gasteiger partial charge < -0.3 is 19.8 Å². The molecular weight excluding hydrogens is 507 g/mol. The van der Waals surface area contributed by atoms with Crippen molar-refractivity contribution in [1.29, 1.82) is 0 Å². The first-order valence-corrected chi connectivity index (χ1v) is 12.9. The highest BCUT2D eigenvalue weighted by Gasteiger charge is 2.34. The number of ether oxygens (including phenoxy) is 1. The van der Waals surface area contributed by atoms with E-state index in [0.717, 1.165) is 28.2 Å². The zero-order valence-electron chi connectivity index (χ0n) is 22.5. The SMILES string of the molecule is COc1ccc2ncc(N(C)C)c([C@@H](O)CCC3(CO)CCN(CC#Cc4cc(F)cc(F)c4F)CC3)c2c1. The molecule has 3 aromatic rings. The molecule has 2 heterocycles. The minimum Gasteiger partial charge on any atom is -0.497 e. The van der Waals surface area contributed by atoms with Crippen LogP contribution in [0.4, 0.5) is 18.9 Å². The summed E-state index contributed by atoms with van der Waals surface area (Å²) in [5, 5.41) is 22.6. The van der Waals surface area contributed by atoms with Crippen LogP contribution in [0.1, 0.15) is 42.9 Å². The number of rotatable bonds is 8. The van der Waals surface area contributed by atoms with Crippen LogP contribution in [0.15, 0.2) is 36.5 Å². The Kier molecular flexibility index (Phi) is 9.01. The quantitative estimate of drug-likeness (QED) is 0.319. The van der Waals surface area contributed by atoms with Crippen LogP contribution in [-0.2, 0) is 0 Å². The van der Waals surface area contributed by atoms with Crippen LogP contribution in [0.25, 0.3) is 10.9 Å². The van der Waals surface area contributed by atoms with Crippen LogP contribution in [0, 0.1) is 34.7 Å². The molecule has 0 spiro atoms. The zero-order valence-corrected chi connectivity index (χ0v) is 22.5. The normalized spacial score (nSPS) is 16.0. The summed E-state index contributed by atoms with van der Waals surface area (Å²) in [6.07, 6.45) is 3.48. The molecule has 1 saturated heterocycles. The van der Waals surface area contributed by atoms with Gasteiger partial charge in [-0.15, -0.1) is 0 Å². The lowest BCUT2D eigenvalue weighted by atomic mass is 9.74. The number of fused-ring (bicyclic) bond motifs is 1. The van der Waals surface area contributed by atoms with E-state index in [0.29, 0.717) is 57.1 Å². The number of anilines is 1. The van der Waals surface area contributed by atoms with Crippen molar-refractivity contribution in [3.05, 3.63) is 65.1 Å². The fourth-order valence-corrected chi connectivity index (χ4v) is 5.17. The second kappa shape index (κ2) is 12.2. The van der Waals surface area contributed by atoms with Gasteiger partial charge >= 0.3 is 0 Å². The number of aromatic nitrogens is 1. The van der Waals surface area contributed by atoms with Crippen molar-refractivity contribution in [2.75, 3.05) is 52.3 Å². The summed E-state index contributed by atoms with van der Waals surface area (Å²) in [5.41, 5.74) is 1.72. The van der Waals surface area contributed by atoms with E-state index in [1.54, 1.807) is 13.3 Å². The molecule has 0 unspecified atom stereocenters. The smallest absolute Gasteiger partial charge is 0.174 e. The second-order valence-corrected chi connectivity index (χ2v) is 10.4. The molecular formula is C30H34F3N3O3. The molecule has 1 aliphatic rings. The molecule has 0 bridgehead atoms. The summed E-state index contributed by atoms with van der Waals surface area (Å²) in [5.74, 6) is 2.73. The molecule has 39 heavy (non-hydrogen) atoms. The number of halogens is 3. The summed E-state index contributed by atoms with van der Waals surface area (Å²) in [7, 11) is 5.42. The fourth-order valence-electron chi connectivity index (χ4n) is 5.17. The highest BCUT2D eigenvalue weighted by Crippen LogP contribution is 2.41. The minimum atomic E-state index is -1.26. The van der Waals surface area contributed by atoms with Crippen molar-refractivity contribution in [3.8, 4) is 17.6 Å². The molecule has 0 amide bonds. The number of piperidine rings is 1. The van der Waals surface area contributed by atoms with Crippen LogP contribution >= 0.6 is 0 Å². The fraction of sp³-hybridized carbons (Fsp3) is 0.433. The molecule has 0 saturated carbocycles. The average molecular weight is 542 g/mol. The predicted molar refractivity (Wildman–Crippen MR) is 145 cm³/mol. The van der Waals surface area contributed by atoms with Gasteiger partial charge in [0.1, 0.15) is 11.6 Å². The first-order valence-electron chi connectivity index (χ1n) is 12.9. The van der Waals surface area contributed by atoms with Gasteiger partial charge in [-0.2, -0.15) is 0 Å². The average Bonchev–Trinajstić information content (AvgIpc) is 2.94. The number of methoxy groups -OCH3 is 1. The van der Waals surface area contributed by atoms with E-state index in [9.17, 15) is 23.4 Å². The summed E-state index contributed by atoms with van der Waals surface area (Å²) in [4.78, 5) is 8.54. The first-order chi connectivity index (χ1) is 18.7. The molecule has 208 valence electrons. The van der Waals surface area contributed by atoms with Crippen LogP contribution in [0.3, 0.4) is 0 Å². The molecule has 0 radical (unpaired) electrons. The minimum absolute atomic E-state index is 0.00152. The van der Waals surface area contributed by atoms with Crippen molar-refractivity contribution in [3.63, 3.8) is 0 Å². The summed E-state index contributed by atoms with van der Waals surface area (Å²) in [6.45, 7) is 1.63. The van der Waals surface area contributed by atoms with Gasteiger partial charge in [0, 0.05) is 37.7 Å². The number of nitrogens with zero attached hydrogens (tertiary/aromatic N) is 3. The van der Waals surface area contributed by atoms with Crippen molar-refractivity contribution >= 4 is 16.6 Å². The number of likely N-dealkylation sites (tertiary alicyclic amines) is 1.